The van der Waals surface area contributed by atoms with Crippen LogP contribution < -0.4 is 5.73 Å². The molecule has 0 bridgehead atoms. The fraction of sp³-hybridized carbons (Fsp3) is 0.909. The highest BCUT2D eigenvalue weighted by molar-refractivity contribution is 5.75. The van der Waals surface area contributed by atoms with E-state index >= 15 is 0 Å². The van der Waals surface area contributed by atoms with Crippen molar-refractivity contribution in [3.8, 4) is 0 Å². The minimum absolute atomic E-state index is 0.162. The summed E-state index contributed by atoms with van der Waals surface area (Å²) in [6.07, 6.45) is 2.10. The minimum Gasteiger partial charge on any atom is -0.329 e. The van der Waals surface area contributed by atoms with Gasteiger partial charge in [-0.2, -0.15) is 0 Å². The molecule has 94 valence electrons. The summed E-state index contributed by atoms with van der Waals surface area (Å²) in [6.45, 7) is 4.88. The molecule has 0 aromatic heterocycles. The first-order chi connectivity index (χ1) is 7.65. The summed E-state index contributed by atoms with van der Waals surface area (Å²) in [5.41, 5.74) is 5.49. The molecule has 0 aliphatic carbocycles. The van der Waals surface area contributed by atoms with Crippen LogP contribution >= 0.6 is 0 Å². The summed E-state index contributed by atoms with van der Waals surface area (Å²) in [7, 11) is 4.11. The molecule has 2 amide bonds. The molecule has 1 rings (SSSR count). The first-order valence-corrected chi connectivity index (χ1v) is 6.04. The zero-order chi connectivity index (χ0) is 12.0. The van der Waals surface area contributed by atoms with Crippen LogP contribution in [0.3, 0.4) is 0 Å². The lowest BCUT2D eigenvalue weighted by molar-refractivity contribution is 0.129. The highest BCUT2D eigenvalue weighted by Crippen LogP contribution is 2.09. The fourth-order valence-corrected chi connectivity index (χ4v) is 1.99. The normalized spacial score (nSPS) is 17.4. The number of hydrogen-bond acceptors (Lipinski definition) is 3. The summed E-state index contributed by atoms with van der Waals surface area (Å²) >= 11 is 0. The Kier molecular flexibility index (Phi) is 5.55. The van der Waals surface area contributed by atoms with Crippen LogP contribution in [0.2, 0.25) is 0 Å². The molecule has 0 atom stereocenters. The van der Waals surface area contributed by atoms with E-state index in [9.17, 15) is 4.79 Å². The molecule has 1 saturated heterocycles. The van der Waals surface area contributed by atoms with Gasteiger partial charge in [-0.15, -0.1) is 0 Å². The Balaban J connectivity index is 2.32. The van der Waals surface area contributed by atoms with E-state index < -0.39 is 0 Å². The first kappa shape index (κ1) is 13.3. The lowest BCUT2D eigenvalue weighted by atomic mass is 10.2. The number of carbonyl (C=O) groups excluding carboxylic acids is 1. The SMILES string of the molecule is CN(C)CCCN1CCCN(CCN)C1=O. The number of carbonyl (C=O) groups is 1. The third-order valence-electron chi connectivity index (χ3n) is 2.83. The van der Waals surface area contributed by atoms with Gasteiger partial charge >= 0.3 is 6.03 Å². The molecule has 1 aliphatic heterocycles. The van der Waals surface area contributed by atoms with Gasteiger partial charge in [0.15, 0.2) is 0 Å². The van der Waals surface area contributed by atoms with E-state index in [1.165, 1.54) is 0 Å². The zero-order valence-corrected chi connectivity index (χ0v) is 10.5. The molecule has 1 fully saturated rings. The Morgan fingerprint density at radius 2 is 1.88 bits per heavy atom. The number of urea groups is 1. The highest BCUT2D eigenvalue weighted by atomic mass is 16.2. The van der Waals surface area contributed by atoms with Crippen LogP contribution in [-0.4, -0.2) is 74.1 Å². The highest BCUT2D eigenvalue weighted by Gasteiger charge is 2.24. The predicted octanol–water partition coefficient (Wildman–Crippen LogP) is 0.0245. The Bertz CT molecular complexity index is 218. The monoisotopic (exact) mass is 228 g/mol. The van der Waals surface area contributed by atoms with Crippen molar-refractivity contribution >= 4 is 6.03 Å². The molecule has 0 aromatic rings. The smallest absolute Gasteiger partial charge is 0.320 e. The van der Waals surface area contributed by atoms with Crippen LogP contribution in [0.4, 0.5) is 4.79 Å². The second-order valence-corrected chi connectivity index (χ2v) is 4.56. The summed E-state index contributed by atoms with van der Waals surface area (Å²) in [5.74, 6) is 0. The van der Waals surface area contributed by atoms with Crippen molar-refractivity contribution in [1.29, 1.82) is 0 Å². The van der Waals surface area contributed by atoms with Gasteiger partial charge in [0.05, 0.1) is 0 Å². The van der Waals surface area contributed by atoms with Crippen LogP contribution in [0, 0.1) is 0 Å². The van der Waals surface area contributed by atoms with Gasteiger partial charge < -0.3 is 20.4 Å². The van der Waals surface area contributed by atoms with Crippen LogP contribution in [0.25, 0.3) is 0 Å². The molecule has 0 radical (unpaired) electrons. The molecule has 0 unspecified atom stereocenters. The molecule has 0 aromatic carbocycles. The average molecular weight is 228 g/mol. The zero-order valence-electron chi connectivity index (χ0n) is 10.5. The fourth-order valence-electron chi connectivity index (χ4n) is 1.99. The molecule has 5 heteroatoms. The second-order valence-electron chi connectivity index (χ2n) is 4.56. The van der Waals surface area contributed by atoms with Crippen molar-refractivity contribution in [3.63, 3.8) is 0 Å². The maximum atomic E-state index is 12.0. The standard InChI is InChI=1S/C11H24N4O/c1-13(2)6-3-7-14-8-4-9-15(10-5-12)11(14)16/h3-10,12H2,1-2H3. The van der Waals surface area contributed by atoms with Crippen LogP contribution in [0.15, 0.2) is 0 Å². The average Bonchev–Trinajstić information content (AvgIpc) is 2.23. The quantitative estimate of drug-likeness (QED) is 0.697. The Morgan fingerprint density at radius 3 is 2.44 bits per heavy atom. The van der Waals surface area contributed by atoms with Gasteiger partial charge in [0.1, 0.15) is 0 Å². The largest absolute Gasteiger partial charge is 0.329 e. The number of hydrogen-bond donors (Lipinski definition) is 1. The van der Waals surface area contributed by atoms with Crippen molar-refractivity contribution in [3.05, 3.63) is 0 Å². The van der Waals surface area contributed by atoms with E-state index in [2.05, 4.69) is 19.0 Å². The van der Waals surface area contributed by atoms with E-state index in [-0.39, 0.29) is 6.03 Å². The number of amides is 2. The second kappa shape index (κ2) is 6.70. The van der Waals surface area contributed by atoms with E-state index in [0.717, 1.165) is 39.0 Å². The first-order valence-electron chi connectivity index (χ1n) is 6.04. The third kappa shape index (κ3) is 3.98. The number of nitrogens with two attached hydrogens (primary N) is 1. The van der Waals surface area contributed by atoms with Crippen LogP contribution in [0.5, 0.6) is 0 Å². The van der Waals surface area contributed by atoms with Gasteiger partial charge in [0, 0.05) is 32.7 Å². The van der Waals surface area contributed by atoms with Crippen molar-refractivity contribution in [2.75, 3.05) is 53.4 Å². The molecule has 0 saturated carbocycles. The van der Waals surface area contributed by atoms with Crippen molar-refractivity contribution in [1.82, 2.24) is 14.7 Å². The van der Waals surface area contributed by atoms with Crippen LogP contribution in [0.1, 0.15) is 12.8 Å². The molecular formula is C11H24N4O. The molecular weight excluding hydrogens is 204 g/mol. The number of rotatable bonds is 6. The third-order valence-corrected chi connectivity index (χ3v) is 2.83. The molecule has 16 heavy (non-hydrogen) atoms. The molecule has 5 nitrogen and oxygen atoms in total. The topological polar surface area (TPSA) is 52.8 Å². The molecule has 1 aliphatic rings. The molecule has 1 heterocycles. The lowest BCUT2D eigenvalue weighted by Gasteiger charge is -2.35. The van der Waals surface area contributed by atoms with E-state index in [1.807, 2.05) is 9.80 Å². The predicted molar refractivity (Wildman–Crippen MR) is 65.4 cm³/mol. The van der Waals surface area contributed by atoms with Gasteiger partial charge in [0.25, 0.3) is 0 Å². The molecule has 0 spiro atoms. The molecule has 2 N–H and O–H groups in total. The number of nitrogens with zero attached hydrogens (tertiary/aromatic N) is 3. The van der Waals surface area contributed by atoms with Crippen LogP contribution in [-0.2, 0) is 0 Å². The maximum Gasteiger partial charge on any atom is 0.320 e. The van der Waals surface area contributed by atoms with Crippen molar-refractivity contribution in [2.24, 2.45) is 5.73 Å². The van der Waals surface area contributed by atoms with Gasteiger partial charge in [-0.3, -0.25) is 0 Å². The Labute approximate surface area is 98.2 Å². The van der Waals surface area contributed by atoms with Gasteiger partial charge in [-0.25, -0.2) is 4.79 Å². The minimum atomic E-state index is 0.162. The van der Waals surface area contributed by atoms with Gasteiger partial charge in [0.2, 0.25) is 0 Å². The van der Waals surface area contributed by atoms with E-state index in [0.29, 0.717) is 13.1 Å². The van der Waals surface area contributed by atoms with Gasteiger partial charge in [-0.1, -0.05) is 0 Å². The van der Waals surface area contributed by atoms with E-state index in [4.69, 9.17) is 5.73 Å². The Hall–Kier alpha value is -0.810. The summed E-state index contributed by atoms with van der Waals surface area (Å²) in [4.78, 5) is 17.9. The lowest BCUT2D eigenvalue weighted by Crippen LogP contribution is -2.51. The van der Waals surface area contributed by atoms with Crippen molar-refractivity contribution < 1.29 is 4.79 Å². The van der Waals surface area contributed by atoms with Crippen molar-refractivity contribution in [2.45, 2.75) is 12.8 Å². The summed E-state index contributed by atoms with van der Waals surface area (Å²) in [6, 6.07) is 0.162. The maximum absolute atomic E-state index is 12.0. The summed E-state index contributed by atoms with van der Waals surface area (Å²) < 4.78 is 0. The summed E-state index contributed by atoms with van der Waals surface area (Å²) in [5, 5.41) is 0. The van der Waals surface area contributed by atoms with Gasteiger partial charge in [-0.05, 0) is 33.5 Å². The Morgan fingerprint density at radius 1 is 1.25 bits per heavy atom. The van der Waals surface area contributed by atoms with E-state index in [1.54, 1.807) is 0 Å².